The molecule has 0 spiro atoms. The minimum absolute atomic E-state index is 0. The number of benzene rings is 1. The zero-order valence-corrected chi connectivity index (χ0v) is 11.0. The molecule has 0 aromatic heterocycles. The zero-order valence-electron chi connectivity index (χ0n) is 11.0. The highest BCUT2D eigenvalue weighted by Crippen LogP contribution is 2.25. The SMILES string of the molecule is C.CC.CCC(C)(C)c1ccccc1.CO. The van der Waals surface area contributed by atoms with Crippen LogP contribution in [0, 0.1) is 0 Å². The molecule has 1 aromatic rings. The summed E-state index contributed by atoms with van der Waals surface area (Å²) in [6.07, 6.45) is 1.19. The third-order valence-electron chi connectivity index (χ3n) is 2.44. The third-order valence-corrected chi connectivity index (χ3v) is 2.44. The highest BCUT2D eigenvalue weighted by atomic mass is 16.2. The summed E-state index contributed by atoms with van der Waals surface area (Å²) in [6.45, 7) is 10.8. The van der Waals surface area contributed by atoms with Gasteiger partial charge in [-0.2, -0.15) is 0 Å². The first-order valence-corrected chi connectivity index (χ1v) is 5.67. The van der Waals surface area contributed by atoms with E-state index in [2.05, 4.69) is 51.1 Å². The molecule has 96 valence electrons. The van der Waals surface area contributed by atoms with Crippen LogP contribution in [0.15, 0.2) is 30.3 Å². The molecule has 0 amide bonds. The lowest BCUT2D eigenvalue weighted by atomic mass is 9.82. The minimum atomic E-state index is 0. The average Bonchev–Trinajstić information content (AvgIpc) is 2.35. The van der Waals surface area contributed by atoms with Crippen LogP contribution in [0.5, 0.6) is 0 Å². The van der Waals surface area contributed by atoms with E-state index >= 15 is 0 Å². The summed E-state index contributed by atoms with van der Waals surface area (Å²) in [5.74, 6) is 0. The molecule has 0 saturated heterocycles. The minimum Gasteiger partial charge on any atom is -0.400 e. The molecular formula is C15H30O. The Morgan fingerprint density at radius 1 is 1.00 bits per heavy atom. The monoisotopic (exact) mass is 226 g/mol. The van der Waals surface area contributed by atoms with E-state index in [1.165, 1.54) is 12.0 Å². The molecule has 0 unspecified atom stereocenters. The van der Waals surface area contributed by atoms with E-state index in [1.54, 1.807) is 0 Å². The second-order valence-electron chi connectivity index (χ2n) is 3.60. The summed E-state index contributed by atoms with van der Waals surface area (Å²) in [5.41, 5.74) is 1.77. The summed E-state index contributed by atoms with van der Waals surface area (Å²) in [4.78, 5) is 0. The van der Waals surface area contributed by atoms with Crippen molar-refractivity contribution < 1.29 is 5.11 Å². The fourth-order valence-electron chi connectivity index (χ4n) is 1.09. The van der Waals surface area contributed by atoms with Crippen molar-refractivity contribution in [1.29, 1.82) is 0 Å². The molecule has 1 aromatic carbocycles. The molecule has 0 aliphatic heterocycles. The predicted octanol–water partition coefficient (Wildman–Crippen LogP) is 4.65. The highest BCUT2D eigenvalue weighted by molar-refractivity contribution is 5.22. The molecule has 1 rings (SSSR count). The average molecular weight is 226 g/mol. The molecule has 1 heteroatoms. The Bertz CT molecular complexity index is 214. The summed E-state index contributed by atoms with van der Waals surface area (Å²) in [6, 6.07) is 10.7. The summed E-state index contributed by atoms with van der Waals surface area (Å²) < 4.78 is 0. The van der Waals surface area contributed by atoms with Gasteiger partial charge in [-0.1, -0.05) is 72.4 Å². The first-order valence-electron chi connectivity index (χ1n) is 5.67. The number of hydrogen-bond acceptors (Lipinski definition) is 1. The molecule has 0 heterocycles. The van der Waals surface area contributed by atoms with Gasteiger partial charge in [0.05, 0.1) is 0 Å². The van der Waals surface area contributed by atoms with Gasteiger partial charge in [-0.3, -0.25) is 0 Å². The largest absolute Gasteiger partial charge is 0.400 e. The number of hydrogen-bond donors (Lipinski definition) is 1. The topological polar surface area (TPSA) is 20.2 Å². The molecule has 1 nitrogen and oxygen atoms in total. The molecule has 0 bridgehead atoms. The van der Waals surface area contributed by atoms with Crippen LogP contribution in [0.1, 0.15) is 54.0 Å². The summed E-state index contributed by atoms with van der Waals surface area (Å²) in [5, 5.41) is 7.00. The quantitative estimate of drug-likeness (QED) is 0.778. The Kier molecular flexibility index (Phi) is 15.8. The Hall–Kier alpha value is -0.820. The molecule has 0 fully saturated rings. The van der Waals surface area contributed by atoms with Crippen LogP contribution in [0.2, 0.25) is 0 Å². The van der Waals surface area contributed by atoms with Gasteiger partial charge in [0.15, 0.2) is 0 Å². The smallest absolute Gasteiger partial charge is 0.0319 e. The maximum absolute atomic E-state index is 7.00. The number of aliphatic hydroxyl groups is 1. The van der Waals surface area contributed by atoms with E-state index in [4.69, 9.17) is 5.11 Å². The van der Waals surface area contributed by atoms with Gasteiger partial charge in [0.25, 0.3) is 0 Å². The molecular weight excluding hydrogens is 196 g/mol. The normalized spacial score (nSPS) is 8.69. The van der Waals surface area contributed by atoms with Gasteiger partial charge < -0.3 is 5.11 Å². The lowest BCUT2D eigenvalue weighted by molar-refractivity contribution is 0.399. The van der Waals surface area contributed by atoms with E-state index in [0.717, 1.165) is 7.11 Å². The van der Waals surface area contributed by atoms with Gasteiger partial charge in [-0.25, -0.2) is 0 Å². The van der Waals surface area contributed by atoms with E-state index in [9.17, 15) is 0 Å². The van der Waals surface area contributed by atoms with Gasteiger partial charge in [-0.05, 0) is 17.4 Å². The van der Waals surface area contributed by atoms with Gasteiger partial charge in [0, 0.05) is 7.11 Å². The Labute approximate surface area is 103 Å². The van der Waals surface area contributed by atoms with Crippen molar-refractivity contribution in [2.75, 3.05) is 7.11 Å². The molecule has 0 aliphatic carbocycles. The Morgan fingerprint density at radius 2 is 1.38 bits per heavy atom. The summed E-state index contributed by atoms with van der Waals surface area (Å²) >= 11 is 0. The van der Waals surface area contributed by atoms with Crippen LogP contribution in [0.25, 0.3) is 0 Å². The molecule has 0 atom stereocenters. The van der Waals surface area contributed by atoms with Crippen molar-refractivity contribution in [1.82, 2.24) is 0 Å². The molecule has 0 aliphatic rings. The van der Waals surface area contributed by atoms with Crippen molar-refractivity contribution in [3.8, 4) is 0 Å². The molecule has 0 radical (unpaired) electrons. The molecule has 1 N–H and O–H groups in total. The van der Waals surface area contributed by atoms with Gasteiger partial charge in [0.1, 0.15) is 0 Å². The van der Waals surface area contributed by atoms with E-state index in [1.807, 2.05) is 13.8 Å². The van der Waals surface area contributed by atoms with Gasteiger partial charge >= 0.3 is 0 Å². The Morgan fingerprint density at radius 3 is 1.69 bits per heavy atom. The van der Waals surface area contributed by atoms with Crippen molar-refractivity contribution >= 4 is 0 Å². The summed E-state index contributed by atoms with van der Waals surface area (Å²) in [7, 11) is 1.00. The lowest BCUT2D eigenvalue weighted by Crippen LogP contribution is -2.14. The zero-order chi connectivity index (χ0) is 12.3. The van der Waals surface area contributed by atoms with Crippen LogP contribution in [0.4, 0.5) is 0 Å². The predicted molar refractivity (Wildman–Crippen MR) is 76.0 cm³/mol. The fraction of sp³-hybridized carbons (Fsp3) is 0.600. The van der Waals surface area contributed by atoms with Gasteiger partial charge in [-0.15, -0.1) is 0 Å². The highest BCUT2D eigenvalue weighted by Gasteiger charge is 2.16. The van der Waals surface area contributed by atoms with Crippen molar-refractivity contribution in [2.45, 2.75) is 53.9 Å². The molecule has 0 saturated carbocycles. The van der Waals surface area contributed by atoms with Crippen LogP contribution >= 0.6 is 0 Å². The maximum atomic E-state index is 7.00. The van der Waals surface area contributed by atoms with Crippen LogP contribution in [-0.2, 0) is 5.41 Å². The van der Waals surface area contributed by atoms with Gasteiger partial charge in [0.2, 0.25) is 0 Å². The van der Waals surface area contributed by atoms with E-state index in [0.29, 0.717) is 5.41 Å². The maximum Gasteiger partial charge on any atom is 0.0319 e. The van der Waals surface area contributed by atoms with Crippen LogP contribution in [-0.4, -0.2) is 12.2 Å². The second-order valence-corrected chi connectivity index (χ2v) is 3.60. The molecule has 16 heavy (non-hydrogen) atoms. The lowest BCUT2D eigenvalue weighted by Gasteiger charge is -2.22. The van der Waals surface area contributed by atoms with E-state index < -0.39 is 0 Å². The van der Waals surface area contributed by atoms with E-state index in [-0.39, 0.29) is 7.43 Å². The standard InChI is InChI=1S/C11H16.C2H6.CH4O.CH4/c1-4-11(2,3)10-8-6-5-7-9-10;2*1-2;/h5-9H,4H2,1-3H3;1-2H3;2H,1H3;1H4. The number of rotatable bonds is 2. The Balaban J connectivity index is -0.000000305. The third kappa shape index (κ3) is 7.47. The van der Waals surface area contributed by atoms with Crippen molar-refractivity contribution in [2.24, 2.45) is 0 Å². The second kappa shape index (κ2) is 12.3. The van der Waals surface area contributed by atoms with Crippen LogP contribution < -0.4 is 0 Å². The van der Waals surface area contributed by atoms with Crippen LogP contribution in [0.3, 0.4) is 0 Å². The first-order chi connectivity index (χ1) is 7.17. The number of aliphatic hydroxyl groups excluding tert-OH is 1. The first kappa shape index (κ1) is 20.6. The van der Waals surface area contributed by atoms with Crippen molar-refractivity contribution in [3.63, 3.8) is 0 Å². The fourth-order valence-corrected chi connectivity index (χ4v) is 1.09. The van der Waals surface area contributed by atoms with Crippen molar-refractivity contribution in [3.05, 3.63) is 35.9 Å².